The van der Waals surface area contributed by atoms with Gasteiger partial charge in [-0.2, -0.15) is 0 Å². The van der Waals surface area contributed by atoms with Crippen LogP contribution in [0, 0.1) is 5.41 Å². The summed E-state index contributed by atoms with van der Waals surface area (Å²) in [7, 11) is -3.17. The molecule has 1 aliphatic carbocycles. The Bertz CT molecular complexity index is 449. The minimum atomic E-state index is -1.61. The summed E-state index contributed by atoms with van der Waals surface area (Å²) >= 11 is 0. The second-order valence-electron chi connectivity index (χ2n) is 9.44. The second-order valence-corrected chi connectivity index (χ2v) is 18.9. The van der Waals surface area contributed by atoms with Crippen LogP contribution >= 0.6 is 0 Å². The fourth-order valence-corrected chi connectivity index (χ4v) is 11.0. The largest absolute Gasteiger partial charge is 0.412 e. The highest BCUT2D eigenvalue weighted by Gasteiger charge is 2.54. The van der Waals surface area contributed by atoms with Crippen LogP contribution in [0.2, 0.25) is 36.3 Å². The van der Waals surface area contributed by atoms with E-state index < -0.39 is 16.6 Å². The van der Waals surface area contributed by atoms with Gasteiger partial charge in [-0.25, -0.2) is 0 Å². The van der Waals surface area contributed by atoms with Gasteiger partial charge in [0.05, 0.1) is 12.2 Å². The minimum Gasteiger partial charge on any atom is -0.412 e. The Morgan fingerprint density at radius 1 is 0.893 bits per heavy atom. The Kier molecular flexibility index (Phi) is 9.23. The number of nitrogens with two attached hydrogens (primary N) is 1. The summed E-state index contributed by atoms with van der Waals surface area (Å²) < 4.78 is 13.8. The Balaban J connectivity index is 2.02. The zero-order valence-corrected chi connectivity index (χ0v) is 21.7. The predicted molar refractivity (Wildman–Crippen MR) is 126 cm³/mol. The summed E-state index contributed by atoms with van der Waals surface area (Å²) in [6, 6.07) is 7.34. The van der Waals surface area contributed by atoms with E-state index in [9.17, 15) is 0 Å². The number of rotatable bonds is 13. The van der Waals surface area contributed by atoms with Crippen LogP contribution in [0.25, 0.3) is 0 Å². The van der Waals surface area contributed by atoms with Crippen molar-refractivity contribution < 1.29 is 8.85 Å². The molecule has 1 aliphatic heterocycles. The third kappa shape index (κ3) is 5.49. The van der Waals surface area contributed by atoms with E-state index in [1.165, 1.54) is 62.1 Å². The molecule has 2 N–H and O–H groups in total. The van der Waals surface area contributed by atoms with Crippen molar-refractivity contribution in [2.45, 2.75) is 109 Å². The Morgan fingerprint density at radius 3 is 1.86 bits per heavy atom. The first-order valence-corrected chi connectivity index (χ1v) is 17.2. The van der Waals surface area contributed by atoms with E-state index in [-0.39, 0.29) is 6.10 Å². The number of likely N-dealkylation sites (tertiary alicyclic amines) is 1. The standard InChI is InChI=1S/C22H48N2O2Si2/c1-7-27(8-2,9-3)25-20(17-23)18-24-16-15-22(13-14-22)21(19-24)26-28(10-4,11-5)12-6/h20-21H,7-19,23H2,1-6H3. The number of hydrogen-bond acceptors (Lipinski definition) is 4. The molecule has 0 aromatic rings. The van der Waals surface area contributed by atoms with E-state index in [0.29, 0.717) is 18.1 Å². The van der Waals surface area contributed by atoms with Gasteiger partial charge in [0.25, 0.3) is 0 Å². The van der Waals surface area contributed by atoms with E-state index in [4.69, 9.17) is 14.6 Å². The van der Waals surface area contributed by atoms with Crippen molar-refractivity contribution in [3.63, 3.8) is 0 Å². The monoisotopic (exact) mass is 428 g/mol. The van der Waals surface area contributed by atoms with Crippen LogP contribution in [0.4, 0.5) is 0 Å². The van der Waals surface area contributed by atoms with Gasteiger partial charge in [0, 0.05) is 19.6 Å². The fourth-order valence-electron chi connectivity index (χ4n) is 5.23. The van der Waals surface area contributed by atoms with Crippen molar-refractivity contribution in [3.05, 3.63) is 0 Å². The maximum atomic E-state index is 7.05. The smallest absolute Gasteiger partial charge is 0.192 e. The van der Waals surface area contributed by atoms with Crippen molar-refractivity contribution in [1.29, 1.82) is 0 Å². The van der Waals surface area contributed by atoms with Crippen molar-refractivity contribution in [1.82, 2.24) is 4.90 Å². The normalized spacial score (nSPS) is 23.9. The molecule has 1 spiro atoms. The maximum absolute atomic E-state index is 7.05. The topological polar surface area (TPSA) is 47.7 Å². The van der Waals surface area contributed by atoms with Gasteiger partial charge in [0.15, 0.2) is 16.6 Å². The van der Waals surface area contributed by atoms with Crippen molar-refractivity contribution in [2.24, 2.45) is 11.1 Å². The van der Waals surface area contributed by atoms with Crippen molar-refractivity contribution >= 4 is 16.6 Å². The first kappa shape index (κ1) is 24.5. The zero-order valence-electron chi connectivity index (χ0n) is 19.7. The molecule has 2 rings (SSSR count). The van der Waals surface area contributed by atoms with E-state index in [1.54, 1.807) is 0 Å². The summed E-state index contributed by atoms with van der Waals surface area (Å²) in [5, 5.41) is 0. The molecule has 6 heteroatoms. The Morgan fingerprint density at radius 2 is 1.43 bits per heavy atom. The average Bonchev–Trinajstić information content (AvgIpc) is 3.52. The molecule has 2 fully saturated rings. The van der Waals surface area contributed by atoms with Crippen LogP contribution in [0.1, 0.15) is 60.8 Å². The third-order valence-corrected chi connectivity index (χ3v) is 17.7. The van der Waals surface area contributed by atoms with E-state index in [0.717, 1.165) is 13.1 Å². The van der Waals surface area contributed by atoms with Crippen LogP contribution < -0.4 is 5.73 Å². The molecule has 2 aliphatic rings. The van der Waals surface area contributed by atoms with Gasteiger partial charge in [-0.3, -0.25) is 4.90 Å². The van der Waals surface area contributed by atoms with Crippen LogP contribution in [-0.2, 0) is 8.85 Å². The van der Waals surface area contributed by atoms with Gasteiger partial charge >= 0.3 is 0 Å². The SMILES string of the molecule is CC[Si](CC)(CC)OC(CN)CN1CCC2(CC2)C(O[Si](CC)(CC)CC)C1. The third-order valence-electron chi connectivity index (χ3n) is 8.32. The van der Waals surface area contributed by atoms with Crippen molar-refractivity contribution in [3.8, 4) is 0 Å². The number of nitrogens with zero attached hydrogens (tertiary/aromatic N) is 1. The predicted octanol–water partition coefficient (Wildman–Crippen LogP) is 5.21. The van der Waals surface area contributed by atoms with Crippen LogP contribution in [0.15, 0.2) is 0 Å². The summed E-state index contributed by atoms with van der Waals surface area (Å²) in [6.07, 6.45) is 4.68. The summed E-state index contributed by atoms with van der Waals surface area (Å²) in [6.45, 7) is 17.9. The van der Waals surface area contributed by atoms with Gasteiger partial charge in [-0.05, 0) is 67.5 Å². The lowest BCUT2D eigenvalue weighted by Crippen LogP contribution is -2.55. The van der Waals surface area contributed by atoms with Gasteiger partial charge in [-0.15, -0.1) is 0 Å². The quantitative estimate of drug-likeness (QED) is 0.409. The molecule has 1 saturated carbocycles. The highest BCUT2D eigenvalue weighted by molar-refractivity contribution is 6.74. The zero-order chi connectivity index (χ0) is 20.8. The maximum Gasteiger partial charge on any atom is 0.192 e. The molecule has 166 valence electrons. The lowest BCUT2D eigenvalue weighted by atomic mass is 9.90. The first-order valence-electron chi connectivity index (χ1n) is 12.2. The van der Waals surface area contributed by atoms with E-state index in [2.05, 4.69) is 46.4 Å². The fraction of sp³-hybridized carbons (Fsp3) is 1.00. The molecule has 28 heavy (non-hydrogen) atoms. The molecule has 0 radical (unpaired) electrons. The highest BCUT2D eigenvalue weighted by Crippen LogP contribution is 2.55. The molecule has 2 atom stereocenters. The average molecular weight is 429 g/mol. The molecular weight excluding hydrogens is 380 g/mol. The number of hydrogen-bond donors (Lipinski definition) is 1. The summed E-state index contributed by atoms with van der Waals surface area (Å²) in [5.41, 5.74) is 6.68. The molecule has 2 unspecified atom stereocenters. The Hall–Kier alpha value is 0.274. The molecule has 0 amide bonds. The van der Waals surface area contributed by atoms with Crippen LogP contribution in [0.5, 0.6) is 0 Å². The van der Waals surface area contributed by atoms with Gasteiger partial charge in [-0.1, -0.05) is 41.5 Å². The molecule has 4 nitrogen and oxygen atoms in total. The molecule has 0 bridgehead atoms. The molecule has 1 saturated heterocycles. The molecule has 0 aromatic carbocycles. The lowest BCUT2D eigenvalue weighted by molar-refractivity contribution is 0.00352. The summed E-state index contributed by atoms with van der Waals surface area (Å²) in [4.78, 5) is 2.62. The first-order chi connectivity index (χ1) is 13.4. The second kappa shape index (κ2) is 10.5. The summed E-state index contributed by atoms with van der Waals surface area (Å²) in [5.74, 6) is 0. The van der Waals surface area contributed by atoms with Gasteiger partial charge in [0.1, 0.15) is 0 Å². The highest BCUT2D eigenvalue weighted by atomic mass is 28.4. The van der Waals surface area contributed by atoms with E-state index in [1.807, 2.05) is 0 Å². The minimum absolute atomic E-state index is 0.186. The number of piperidine rings is 1. The lowest BCUT2D eigenvalue weighted by Gasteiger charge is -2.45. The van der Waals surface area contributed by atoms with E-state index >= 15 is 0 Å². The molecule has 1 heterocycles. The molecule has 0 aromatic heterocycles. The van der Waals surface area contributed by atoms with Crippen LogP contribution in [0.3, 0.4) is 0 Å². The Labute approximate surface area is 177 Å². The molecular formula is C22H48N2O2Si2. The van der Waals surface area contributed by atoms with Gasteiger partial charge < -0.3 is 14.6 Å². The van der Waals surface area contributed by atoms with Crippen molar-refractivity contribution in [2.75, 3.05) is 26.2 Å². The van der Waals surface area contributed by atoms with Gasteiger partial charge in [0.2, 0.25) is 0 Å². The van der Waals surface area contributed by atoms with Crippen LogP contribution in [-0.4, -0.2) is 59.9 Å².